The average molecular weight is 483 g/mol. The van der Waals surface area contributed by atoms with Crippen molar-refractivity contribution in [2.75, 3.05) is 19.5 Å². The van der Waals surface area contributed by atoms with E-state index in [0.717, 1.165) is 16.6 Å². The molecule has 2 aromatic heterocycles. The van der Waals surface area contributed by atoms with Crippen LogP contribution in [0.3, 0.4) is 0 Å². The maximum Gasteiger partial charge on any atom is 0.337 e. The predicted octanol–water partition coefficient (Wildman–Crippen LogP) is 5.46. The summed E-state index contributed by atoms with van der Waals surface area (Å²) < 4.78 is 26.4. The Morgan fingerprint density at radius 2 is 1.97 bits per heavy atom. The van der Waals surface area contributed by atoms with E-state index in [1.54, 1.807) is 18.9 Å². The first-order valence-electron chi connectivity index (χ1n) is 10.4. The highest BCUT2D eigenvalue weighted by Gasteiger charge is 2.26. The number of nitrogens with zero attached hydrogens (tertiary/aromatic N) is 3. The van der Waals surface area contributed by atoms with Crippen molar-refractivity contribution in [3.05, 3.63) is 64.4 Å². The number of ether oxygens (including phenoxy) is 2. The molecule has 0 radical (unpaired) electrons. The van der Waals surface area contributed by atoms with Crippen LogP contribution in [0.15, 0.2) is 42.5 Å². The summed E-state index contributed by atoms with van der Waals surface area (Å²) in [6.07, 6.45) is 0.586. The number of hydrogen-bond acceptors (Lipinski definition) is 7. The number of halogens is 1. The third-order valence-electron chi connectivity index (χ3n) is 5.23. The van der Waals surface area contributed by atoms with Gasteiger partial charge in [-0.2, -0.15) is 5.10 Å². The van der Waals surface area contributed by atoms with Crippen LogP contribution in [0.2, 0.25) is 0 Å². The molecule has 8 nitrogen and oxygen atoms in total. The number of aryl methyl sites for hydroxylation is 2. The van der Waals surface area contributed by atoms with Crippen molar-refractivity contribution in [1.82, 2.24) is 14.8 Å². The lowest BCUT2D eigenvalue weighted by Crippen LogP contribution is -2.08. The van der Waals surface area contributed by atoms with Crippen molar-refractivity contribution in [2.24, 2.45) is 0 Å². The summed E-state index contributed by atoms with van der Waals surface area (Å²) >= 11 is 1.44. The van der Waals surface area contributed by atoms with E-state index < -0.39 is 11.8 Å². The fourth-order valence-electron chi connectivity index (χ4n) is 3.64. The molecule has 2 heterocycles. The lowest BCUT2D eigenvalue weighted by atomic mass is 10.1. The summed E-state index contributed by atoms with van der Waals surface area (Å²) in [5.74, 6) is -0.337. The Balaban J connectivity index is 2.01. The number of thiazole rings is 1. The normalized spacial score (nSPS) is 10.9. The van der Waals surface area contributed by atoms with E-state index in [1.165, 1.54) is 23.5 Å². The highest BCUT2D eigenvalue weighted by atomic mass is 32.1. The SMILES string of the molecule is CCc1nn(-c2ccccc2OC)c(Nc2ccc(F)cc2C(=O)O)c1-c1nc(OC)c(C)s1. The van der Waals surface area contributed by atoms with Gasteiger partial charge in [0.2, 0.25) is 5.88 Å². The largest absolute Gasteiger partial charge is 0.494 e. The number of carbonyl (C=O) groups is 1. The first-order valence-corrected chi connectivity index (χ1v) is 11.3. The fraction of sp³-hybridized carbons (Fsp3) is 0.208. The molecule has 0 aliphatic carbocycles. The van der Waals surface area contributed by atoms with Crippen LogP contribution in [-0.2, 0) is 6.42 Å². The molecule has 0 aliphatic heterocycles. The fourth-order valence-corrected chi connectivity index (χ4v) is 4.59. The van der Waals surface area contributed by atoms with E-state index in [4.69, 9.17) is 14.6 Å². The van der Waals surface area contributed by atoms with Crippen LogP contribution >= 0.6 is 11.3 Å². The molecule has 2 aromatic carbocycles. The van der Waals surface area contributed by atoms with Crippen LogP contribution in [0.25, 0.3) is 16.3 Å². The second kappa shape index (κ2) is 9.52. The molecule has 0 aliphatic rings. The Hall–Kier alpha value is -3.92. The lowest BCUT2D eigenvalue weighted by Gasteiger charge is -2.15. The average Bonchev–Trinajstić information content (AvgIpc) is 3.39. The molecule has 0 spiro atoms. The van der Waals surface area contributed by atoms with Crippen molar-refractivity contribution >= 4 is 28.8 Å². The van der Waals surface area contributed by atoms with Crippen LogP contribution in [0.4, 0.5) is 15.9 Å². The number of benzene rings is 2. The minimum Gasteiger partial charge on any atom is -0.494 e. The standard InChI is InChI=1S/C24H23FN4O4S/c1-5-16-20(23-27-22(33-4)13(2)34-23)21(26-17-11-10-14(25)12-15(17)24(30)31)29(28-16)18-8-6-7-9-19(18)32-3/h6-12,26H,5H2,1-4H3,(H,30,31). The molecule has 4 rings (SSSR count). The first-order chi connectivity index (χ1) is 16.4. The van der Waals surface area contributed by atoms with Gasteiger partial charge in [0.25, 0.3) is 0 Å². The molecular weight excluding hydrogens is 459 g/mol. The van der Waals surface area contributed by atoms with Crippen LogP contribution in [0, 0.1) is 12.7 Å². The maximum atomic E-state index is 13.8. The molecule has 2 N–H and O–H groups in total. The second-order valence-electron chi connectivity index (χ2n) is 7.31. The minimum atomic E-state index is -1.26. The Morgan fingerprint density at radius 3 is 2.62 bits per heavy atom. The van der Waals surface area contributed by atoms with E-state index in [2.05, 4.69) is 10.3 Å². The third-order valence-corrected chi connectivity index (χ3v) is 6.20. The zero-order chi connectivity index (χ0) is 24.4. The molecule has 0 unspecified atom stereocenters. The topological polar surface area (TPSA) is 98.5 Å². The van der Waals surface area contributed by atoms with Crippen molar-refractivity contribution in [2.45, 2.75) is 20.3 Å². The molecule has 0 saturated heterocycles. The van der Waals surface area contributed by atoms with Crippen molar-refractivity contribution in [1.29, 1.82) is 0 Å². The lowest BCUT2D eigenvalue weighted by molar-refractivity contribution is 0.0697. The van der Waals surface area contributed by atoms with Crippen molar-refractivity contribution in [3.8, 4) is 27.9 Å². The van der Waals surface area contributed by atoms with E-state index in [9.17, 15) is 14.3 Å². The van der Waals surface area contributed by atoms with E-state index in [-0.39, 0.29) is 11.3 Å². The number of hydrogen-bond donors (Lipinski definition) is 2. The molecule has 0 saturated carbocycles. The highest BCUT2D eigenvalue weighted by molar-refractivity contribution is 7.15. The summed E-state index contributed by atoms with van der Waals surface area (Å²) in [4.78, 5) is 17.4. The Kier molecular flexibility index (Phi) is 6.51. The Morgan fingerprint density at radius 1 is 1.21 bits per heavy atom. The maximum absolute atomic E-state index is 13.8. The van der Waals surface area contributed by atoms with Crippen molar-refractivity contribution < 1.29 is 23.8 Å². The molecular formula is C24H23FN4O4S. The predicted molar refractivity (Wildman–Crippen MR) is 129 cm³/mol. The van der Waals surface area contributed by atoms with E-state index >= 15 is 0 Å². The second-order valence-corrected chi connectivity index (χ2v) is 8.52. The van der Waals surface area contributed by atoms with Gasteiger partial charge in [0.15, 0.2) is 0 Å². The van der Waals surface area contributed by atoms with Crippen LogP contribution in [0.5, 0.6) is 11.6 Å². The van der Waals surface area contributed by atoms with Gasteiger partial charge in [0, 0.05) is 0 Å². The van der Waals surface area contributed by atoms with Crippen LogP contribution < -0.4 is 14.8 Å². The zero-order valence-corrected chi connectivity index (χ0v) is 19.9. The number of carboxylic acids is 1. The molecule has 176 valence electrons. The number of nitrogens with one attached hydrogen (secondary N) is 1. The van der Waals surface area contributed by atoms with Crippen LogP contribution in [-0.4, -0.2) is 40.1 Å². The summed E-state index contributed by atoms with van der Waals surface area (Å²) in [6, 6.07) is 10.9. The molecule has 4 aromatic rings. The third kappa shape index (κ3) is 4.19. The van der Waals surface area contributed by atoms with Gasteiger partial charge in [-0.15, -0.1) is 11.3 Å². The molecule has 34 heavy (non-hydrogen) atoms. The first kappa shape index (κ1) is 23.2. The smallest absolute Gasteiger partial charge is 0.337 e. The molecule has 10 heteroatoms. The molecule has 0 atom stereocenters. The van der Waals surface area contributed by atoms with E-state index in [0.29, 0.717) is 40.1 Å². The molecule has 0 amide bonds. The Labute approximate surface area is 199 Å². The van der Waals surface area contributed by atoms with Gasteiger partial charge in [-0.1, -0.05) is 19.1 Å². The highest BCUT2D eigenvalue weighted by Crippen LogP contribution is 2.41. The summed E-state index contributed by atoms with van der Waals surface area (Å²) in [5.41, 5.74) is 2.10. The monoisotopic (exact) mass is 482 g/mol. The summed E-state index contributed by atoms with van der Waals surface area (Å²) in [6.45, 7) is 3.88. The van der Waals surface area contributed by atoms with E-state index in [1.807, 2.05) is 38.1 Å². The molecule has 0 bridgehead atoms. The van der Waals surface area contributed by atoms with Crippen LogP contribution in [0.1, 0.15) is 27.9 Å². The van der Waals surface area contributed by atoms with Crippen molar-refractivity contribution in [3.63, 3.8) is 0 Å². The minimum absolute atomic E-state index is 0.204. The number of aromatic carboxylic acids is 1. The number of para-hydroxylation sites is 2. The number of rotatable bonds is 8. The number of methoxy groups -OCH3 is 2. The number of anilines is 2. The number of carboxylic acid groups (broad SMARTS) is 1. The quantitative estimate of drug-likeness (QED) is 0.344. The summed E-state index contributed by atoms with van der Waals surface area (Å²) in [5, 5.41) is 18.3. The zero-order valence-electron chi connectivity index (χ0n) is 19.0. The van der Waals surface area contributed by atoms with Gasteiger partial charge < -0.3 is 19.9 Å². The van der Waals surface area contributed by atoms with Gasteiger partial charge in [-0.05, 0) is 43.7 Å². The van der Waals surface area contributed by atoms with Gasteiger partial charge in [0.1, 0.15) is 28.1 Å². The van der Waals surface area contributed by atoms with Gasteiger partial charge in [0.05, 0.1) is 41.6 Å². The van der Waals surface area contributed by atoms with Gasteiger partial charge in [-0.3, -0.25) is 0 Å². The molecule has 0 fully saturated rings. The number of aromatic nitrogens is 3. The van der Waals surface area contributed by atoms with Gasteiger partial charge >= 0.3 is 5.97 Å². The summed E-state index contributed by atoms with van der Waals surface area (Å²) in [7, 11) is 3.12. The Bertz CT molecular complexity index is 1370. The van der Waals surface area contributed by atoms with Gasteiger partial charge in [-0.25, -0.2) is 18.9 Å².